The lowest BCUT2D eigenvalue weighted by Crippen LogP contribution is -2.34. The minimum atomic E-state index is -1.10. The Kier molecular flexibility index (Phi) is 3.44. The van der Waals surface area contributed by atoms with Crippen LogP contribution in [-0.4, -0.2) is 31.9 Å². The van der Waals surface area contributed by atoms with Crippen molar-refractivity contribution in [2.45, 2.75) is 6.10 Å². The SMILES string of the molecule is COc1cc(F)c(F)c(C2CNCCO2)c1O. The molecular formula is C11H13F2NO3. The summed E-state index contributed by atoms with van der Waals surface area (Å²) in [6.07, 6.45) is -0.714. The minimum Gasteiger partial charge on any atom is -0.504 e. The third kappa shape index (κ3) is 2.18. The Balaban J connectivity index is 2.46. The van der Waals surface area contributed by atoms with Crippen molar-refractivity contribution in [3.8, 4) is 11.5 Å². The Morgan fingerprint density at radius 2 is 2.29 bits per heavy atom. The largest absolute Gasteiger partial charge is 0.504 e. The number of morpholine rings is 1. The molecule has 0 aromatic heterocycles. The van der Waals surface area contributed by atoms with Crippen molar-refractivity contribution < 1.29 is 23.4 Å². The number of nitrogens with one attached hydrogen (secondary N) is 1. The summed E-state index contributed by atoms with van der Waals surface area (Å²) in [5.41, 5.74) is -0.200. The van der Waals surface area contributed by atoms with E-state index in [0.717, 1.165) is 6.07 Å². The second-order valence-electron chi connectivity index (χ2n) is 3.70. The summed E-state index contributed by atoms with van der Waals surface area (Å²) < 4.78 is 37.1. The van der Waals surface area contributed by atoms with Gasteiger partial charge in [0.25, 0.3) is 0 Å². The Hall–Kier alpha value is -1.40. The molecule has 6 heteroatoms. The predicted molar refractivity (Wildman–Crippen MR) is 56.1 cm³/mol. The summed E-state index contributed by atoms with van der Waals surface area (Å²) in [5.74, 6) is -2.69. The molecule has 2 N–H and O–H groups in total. The molecule has 2 rings (SSSR count). The van der Waals surface area contributed by atoms with E-state index in [1.165, 1.54) is 7.11 Å². The van der Waals surface area contributed by atoms with Crippen LogP contribution in [0.15, 0.2) is 6.07 Å². The molecule has 1 aromatic rings. The number of benzene rings is 1. The zero-order valence-corrected chi connectivity index (χ0v) is 9.30. The van der Waals surface area contributed by atoms with Crippen molar-refractivity contribution in [1.29, 1.82) is 0 Å². The molecule has 1 aromatic carbocycles. The van der Waals surface area contributed by atoms with Gasteiger partial charge in [-0.05, 0) is 0 Å². The number of methoxy groups -OCH3 is 1. The number of hydrogen-bond acceptors (Lipinski definition) is 4. The molecule has 1 saturated heterocycles. The van der Waals surface area contributed by atoms with E-state index in [-0.39, 0.29) is 11.3 Å². The lowest BCUT2D eigenvalue weighted by atomic mass is 10.1. The first-order chi connectivity index (χ1) is 8.15. The van der Waals surface area contributed by atoms with Crippen LogP contribution in [0.25, 0.3) is 0 Å². The van der Waals surface area contributed by atoms with Gasteiger partial charge in [-0.15, -0.1) is 0 Å². The van der Waals surface area contributed by atoms with E-state index in [0.29, 0.717) is 19.7 Å². The van der Waals surface area contributed by atoms with Crippen LogP contribution in [0.4, 0.5) is 8.78 Å². The van der Waals surface area contributed by atoms with Crippen LogP contribution >= 0.6 is 0 Å². The average molecular weight is 245 g/mol. The van der Waals surface area contributed by atoms with E-state index in [4.69, 9.17) is 9.47 Å². The first-order valence-corrected chi connectivity index (χ1v) is 5.22. The maximum Gasteiger partial charge on any atom is 0.168 e. The van der Waals surface area contributed by atoms with E-state index < -0.39 is 23.5 Å². The third-order valence-electron chi connectivity index (χ3n) is 2.66. The van der Waals surface area contributed by atoms with E-state index >= 15 is 0 Å². The first-order valence-electron chi connectivity index (χ1n) is 5.22. The second-order valence-corrected chi connectivity index (χ2v) is 3.70. The molecule has 0 amide bonds. The standard InChI is InChI=1S/C11H13F2NO3/c1-16-7-4-6(12)10(13)9(11(7)15)8-5-14-2-3-17-8/h4,8,14-15H,2-3,5H2,1H3. The molecule has 0 spiro atoms. The smallest absolute Gasteiger partial charge is 0.168 e. The molecule has 94 valence electrons. The fourth-order valence-electron chi connectivity index (χ4n) is 1.81. The van der Waals surface area contributed by atoms with Crippen LogP contribution in [0.3, 0.4) is 0 Å². The summed E-state index contributed by atoms with van der Waals surface area (Å²) in [7, 11) is 1.27. The van der Waals surface area contributed by atoms with Crippen LogP contribution in [0.1, 0.15) is 11.7 Å². The van der Waals surface area contributed by atoms with Crippen molar-refractivity contribution >= 4 is 0 Å². The molecule has 1 heterocycles. The van der Waals surface area contributed by atoms with E-state index in [1.807, 2.05) is 0 Å². The van der Waals surface area contributed by atoms with E-state index in [2.05, 4.69) is 5.32 Å². The molecule has 1 fully saturated rings. The number of phenolic OH excluding ortho intramolecular Hbond substituents is 1. The Labute approximate surface area is 97.2 Å². The molecule has 1 atom stereocenters. The monoisotopic (exact) mass is 245 g/mol. The molecular weight excluding hydrogens is 232 g/mol. The van der Waals surface area contributed by atoms with Gasteiger partial charge in [0.15, 0.2) is 23.1 Å². The number of phenols is 1. The zero-order valence-electron chi connectivity index (χ0n) is 9.30. The Morgan fingerprint density at radius 3 is 2.88 bits per heavy atom. The third-order valence-corrected chi connectivity index (χ3v) is 2.66. The van der Waals surface area contributed by atoms with Crippen molar-refractivity contribution in [2.24, 2.45) is 0 Å². The van der Waals surface area contributed by atoms with Crippen molar-refractivity contribution in [3.05, 3.63) is 23.3 Å². The lowest BCUT2D eigenvalue weighted by molar-refractivity contribution is 0.0234. The van der Waals surface area contributed by atoms with Crippen LogP contribution in [-0.2, 0) is 4.74 Å². The second kappa shape index (κ2) is 4.85. The van der Waals surface area contributed by atoms with Crippen molar-refractivity contribution in [3.63, 3.8) is 0 Å². The van der Waals surface area contributed by atoms with Gasteiger partial charge in [-0.2, -0.15) is 0 Å². The van der Waals surface area contributed by atoms with Gasteiger partial charge in [0.05, 0.1) is 19.3 Å². The van der Waals surface area contributed by atoms with E-state index in [1.54, 1.807) is 0 Å². The van der Waals surface area contributed by atoms with Gasteiger partial charge in [-0.1, -0.05) is 0 Å². The highest BCUT2D eigenvalue weighted by Crippen LogP contribution is 2.38. The molecule has 0 saturated carbocycles. The van der Waals surface area contributed by atoms with Gasteiger partial charge in [0.1, 0.15) is 6.10 Å². The number of halogens is 2. The summed E-state index contributed by atoms with van der Waals surface area (Å²) in [4.78, 5) is 0. The lowest BCUT2D eigenvalue weighted by Gasteiger charge is -2.25. The summed E-state index contributed by atoms with van der Waals surface area (Å²) in [6, 6.07) is 0.810. The quantitative estimate of drug-likeness (QED) is 0.825. The van der Waals surface area contributed by atoms with Gasteiger partial charge >= 0.3 is 0 Å². The highest BCUT2D eigenvalue weighted by Gasteiger charge is 2.27. The Morgan fingerprint density at radius 1 is 1.53 bits per heavy atom. The van der Waals surface area contributed by atoms with Gasteiger partial charge in [-0.25, -0.2) is 8.78 Å². The summed E-state index contributed by atoms with van der Waals surface area (Å²) in [6.45, 7) is 1.34. The normalized spacial score (nSPS) is 20.3. The molecule has 4 nitrogen and oxygen atoms in total. The Bertz CT molecular complexity index is 420. The van der Waals surface area contributed by atoms with Crippen molar-refractivity contribution in [1.82, 2.24) is 5.32 Å². The predicted octanol–water partition coefficient (Wildman–Crippen LogP) is 1.34. The fraction of sp³-hybridized carbons (Fsp3) is 0.455. The molecule has 0 bridgehead atoms. The molecule has 17 heavy (non-hydrogen) atoms. The van der Waals surface area contributed by atoms with Gasteiger partial charge in [-0.3, -0.25) is 0 Å². The molecule has 1 unspecified atom stereocenters. The molecule has 0 aliphatic carbocycles. The number of aromatic hydroxyl groups is 1. The molecule has 0 radical (unpaired) electrons. The van der Waals surface area contributed by atoms with Gasteiger partial charge < -0.3 is 19.9 Å². The van der Waals surface area contributed by atoms with E-state index in [9.17, 15) is 13.9 Å². The summed E-state index contributed by atoms with van der Waals surface area (Å²) in [5, 5.41) is 12.8. The van der Waals surface area contributed by atoms with Crippen LogP contribution in [0, 0.1) is 11.6 Å². The zero-order chi connectivity index (χ0) is 12.4. The maximum atomic E-state index is 13.7. The van der Waals surface area contributed by atoms with Gasteiger partial charge in [0, 0.05) is 19.2 Å². The molecule has 1 aliphatic heterocycles. The topological polar surface area (TPSA) is 50.7 Å². The van der Waals surface area contributed by atoms with Crippen LogP contribution in [0.5, 0.6) is 11.5 Å². The highest BCUT2D eigenvalue weighted by molar-refractivity contribution is 5.48. The fourth-order valence-corrected chi connectivity index (χ4v) is 1.81. The molecule has 1 aliphatic rings. The van der Waals surface area contributed by atoms with Crippen LogP contribution < -0.4 is 10.1 Å². The number of ether oxygens (including phenoxy) is 2. The summed E-state index contributed by atoms with van der Waals surface area (Å²) >= 11 is 0. The highest BCUT2D eigenvalue weighted by atomic mass is 19.2. The minimum absolute atomic E-state index is 0.104. The number of rotatable bonds is 2. The maximum absolute atomic E-state index is 13.7. The first kappa shape index (κ1) is 12.1. The van der Waals surface area contributed by atoms with Crippen molar-refractivity contribution in [2.75, 3.05) is 26.8 Å². The van der Waals surface area contributed by atoms with Gasteiger partial charge in [0.2, 0.25) is 0 Å². The number of hydrogen-bond donors (Lipinski definition) is 2. The average Bonchev–Trinajstić information content (AvgIpc) is 2.35. The van der Waals surface area contributed by atoms with Crippen LogP contribution in [0.2, 0.25) is 0 Å².